The van der Waals surface area contributed by atoms with Gasteiger partial charge < -0.3 is 50.7 Å². The Bertz CT molecular complexity index is 1570. The molecule has 1 aliphatic rings. The summed E-state index contributed by atoms with van der Waals surface area (Å²) >= 11 is 0. The molecule has 346 valence electrons. The number of esters is 2. The second kappa shape index (κ2) is 30.7. The van der Waals surface area contributed by atoms with E-state index in [1.165, 1.54) is 0 Å². The smallest absolute Gasteiger partial charge is 0.336 e. The third kappa shape index (κ3) is 21.2. The first-order valence-corrected chi connectivity index (χ1v) is 22.1. The predicted octanol–water partition coefficient (Wildman–Crippen LogP) is 2.17. The molecule has 16 heteroatoms. The zero-order valence-electron chi connectivity index (χ0n) is 37.3. The second-order valence-electron chi connectivity index (χ2n) is 16.1. The summed E-state index contributed by atoms with van der Waals surface area (Å²) in [6.45, 7) is 10.1. The number of carbonyl (C=O) groups is 5. The number of nitrogens with two attached hydrogens (primary N) is 1. The van der Waals surface area contributed by atoms with Crippen molar-refractivity contribution in [3.8, 4) is 0 Å². The van der Waals surface area contributed by atoms with Crippen LogP contribution >= 0.6 is 0 Å². The monoisotopic (exact) mass is 869 g/mol. The average molecular weight is 869 g/mol. The third-order valence-electron chi connectivity index (χ3n) is 10.6. The minimum Gasteiger partial charge on any atom is -0.391 e. The van der Waals surface area contributed by atoms with Gasteiger partial charge >= 0.3 is 11.9 Å². The third-order valence-corrected chi connectivity index (χ3v) is 10.6. The van der Waals surface area contributed by atoms with Crippen LogP contribution in [-0.2, 0) is 60.5 Å². The molecule has 0 aromatic heterocycles. The Balaban J connectivity index is 1.75. The molecule has 1 heterocycles. The van der Waals surface area contributed by atoms with E-state index in [1.54, 1.807) is 14.2 Å². The maximum Gasteiger partial charge on any atom is 0.336 e. The fourth-order valence-electron chi connectivity index (χ4n) is 7.00. The van der Waals surface area contributed by atoms with Gasteiger partial charge in [0, 0.05) is 33.7 Å². The normalized spacial score (nSPS) is 15.1. The first-order valence-electron chi connectivity index (χ1n) is 22.1. The van der Waals surface area contributed by atoms with Crippen molar-refractivity contribution < 1.29 is 47.7 Å². The van der Waals surface area contributed by atoms with Crippen LogP contribution in [-0.4, -0.2) is 145 Å². The van der Waals surface area contributed by atoms with E-state index in [0.29, 0.717) is 98.0 Å². The topological polar surface area (TPSA) is 209 Å². The average Bonchev–Trinajstić information content (AvgIpc) is 3.27. The zero-order chi connectivity index (χ0) is 45.0. The molecule has 3 amide bonds. The summed E-state index contributed by atoms with van der Waals surface area (Å²) in [5.74, 6) is -3.60. The summed E-state index contributed by atoms with van der Waals surface area (Å²) in [5.41, 5.74) is 7.99. The highest BCUT2D eigenvalue weighted by molar-refractivity contribution is 5.96. The predicted molar refractivity (Wildman–Crippen MR) is 236 cm³/mol. The van der Waals surface area contributed by atoms with Gasteiger partial charge in [0.25, 0.3) is 0 Å². The number of nitrogens with one attached hydrogen (secondary N) is 4. The Morgan fingerprint density at radius 3 is 1.77 bits per heavy atom. The van der Waals surface area contributed by atoms with Gasteiger partial charge in [0.2, 0.25) is 17.7 Å². The van der Waals surface area contributed by atoms with E-state index in [4.69, 9.17) is 29.4 Å². The Morgan fingerprint density at radius 2 is 1.21 bits per heavy atom. The summed E-state index contributed by atoms with van der Waals surface area (Å²) in [6, 6.07) is 14.4. The highest BCUT2D eigenvalue weighted by atomic mass is 16.6. The number of rotatable bonds is 31. The number of piperidine rings is 1. The number of carbonyl (C=O) groups excluding carboxylic acids is 5. The second-order valence-corrected chi connectivity index (χ2v) is 16.1. The SMILES string of the molecule is COCCOCCN(CCCC[C@@H](NC(=O)[C@@H](CC(C)C)NC(=O)[C@@H](Cc1ccccc1)NC(=O)[C@H](N)Cc1ccccc1)C(=O)OC(=O)C1CCNCC1)CCOCCOC. The summed E-state index contributed by atoms with van der Waals surface area (Å²) in [7, 11) is 3.25. The molecule has 0 spiro atoms. The quantitative estimate of drug-likeness (QED) is 0.0419. The Kier molecular flexibility index (Phi) is 25.8. The molecule has 6 N–H and O–H groups in total. The lowest BCUT2D eigenvalue weighted by atomic mass is 9.98. The number of benzene rings is 2. The molecule has 0 unspecified atom stereocenters. The molecule has 0 bridgehead atoms. The molecule has 2 aromatic carbocycles. The minimum absolute atomic E-state index is 0.0395. The number of nitrogens with zero attached hydrogens (tertiary/aromatic N) is 1. The lowest BCUT2D eigenvalue weighted by molar-refractivity contribution is -0.165. The fourth-order valence-corrected chi connectivity index (χ4v) is 7.00. The van der Waals surface area contributed by atoms with Crippen molar-refractivity contribution in [1.29, 1.82) is 0 Å². The molecule has 2 aromatic rings. The molecular formula is C46H72N6O10. The number of hydrogen-bond donors (Lipinski definition) is 5. The Morgan fingerprint density at radius 1 is 0.677 bits per heavy atom. The largest absolute Gasteiger partial charge is 0.391 e. The van der Waals surface area contributed by atoms with Crippen LogP contribution in [0.1, 0.15) is 63.5 Å². The van der Waals surface area contributed by atoms with Crippen LogP contribution in [0.25, 0.3) is 0 Å². The molecule has 1 aliphatic heterocycles. The molecule has 4 atom stereocenters. The van der Waals surface area contributed by atoms with Crippen molar-refractivity contribution in [2.75, 3.05) is 86.6 Å². The van der Waals surface area contributed by atoms with Crippen LogP contribution in [0.2, 0.25) is 0 Å². The highest BCUT2D eigenvalue weighted by Crippen LogP contribution is 2.16. The van der Waals surface area contributed by atoms with Gasteiger partial charge in [0.1, 0.15) is 18.1 Å². The maximum atomic E-state index is 14.2. The Labute approximate surface area is 368 Å². The van der Waals surface area contributed by atoms with E-state index in [1.807, 2.05) is 74.5 Å². The van der Waals surface area contributed by atoms with Crippen LogP contribution in [0, 0.1) is 11.8 Å². The molecule has 16 nitrogen and oxygen atoms in total. The van der Waals surface area contributed by atoms with Gasteiger partial charge in [0.15, 0.2) is 0 Å². The summed E-state index contributed by atoms with van der Waals surface area (Å²) in [5, 5.41) is 11.7. The maximum absolute atomic E-state index is 14.2. The first-order chi connectivity index (χ1) is 30.0. The van der Waals surface area contributed by atoms with Gasteiger partial charge in [-0.15, -0.1) is 0 Å². The summed E-state index contributed by atoms with van der Waals surface area (Å²) in [6.07, 6.45) is 3.12. The van der Waals surface area contributed by atoms with Crippen molar-refractivity contribution in [2.24, 2.45) is 17.6 Å². The number of ether oxygens (including phenoxy) is 5. The van der Waals surface area contributed by atoms with Crippen LogP contribution < -0.4 is 27.0 Å². The molecule has 1 fully saturated rings. The molecule has 0 saturated carbocycles. The summed E-state index contributed by atoms with van der Waals surface area (Å²) < 4.78 is 27.0. The van der Waals surface area contributed by atoms with Crippen LogP contribution in [0.3, 0.4) is 0 Å². The fraction of sp³-hybridized carbons (Fsp3) is 0.630. The zero-order valence-corrected chi connectivity index (χ0v) is 37.3. The molecule has 3 rings (SSSR count). The minimum atomic E-state index is -1.15. The lowest BCUT2D eigenvalue weighted by Gasteiger charge is -2.27. The van der Waals surface area contributed by atoms with Gasteiger partial charge in [-0.05, 0) is 81.6 Å². The van der Waals surface area contributed by atoms with Crippen molar-refractivity contribution >= 4 is 29.7 Å². The van der Waals surface area contributed by atoms with Gasteiger partial charge in [0.05, 0.1) is 51.6 Å². The van der Waals surface area contributed by atoms with E-state index < -0.39 is 59.7 Å². The number of unbranched alkanes of at least 4 members (excludes halogenated alkanes) is 1. The highest BCUT2D eigenvalue weighted by Gasteiger charge is 2.33. The summed E-state index contributed by atoms with van der Waals surface area (Å²) in [4.78, 5) is 70.7. The molecule has 62 heavy (non-hydrogen) atoms. The van der Waals surface area contributed by atoms with E-state index in [0.717, 1.165) is 11.1 Å². The molecule has 0 aliphatic carbocycles. The van der Waals surface area contributed by atoms with E-state index >= 15 is 0 Å². The number of amides is 3. The van der Waals surface area contributed by atoms with E-state index in [2.05, 4.69) is 26.2 Å². The Hall–Kier alpha value is -4.29. The van der Waals surface area contributed by atoms with Gasteiger partial charge in [-0.3, -0.25) is 24.1 Å². The first kappa shape index (κ1) is 52.1. The molecule has 1 saturated heterocycles. The van der Waals surface area contributed by atoms with Gasteiger partial charge in [-0.25, -0.2) is 4.79 Å². The van der Waals surface area contributed by atoms with Crippen LogP contribution in [0.4, 0.5) is 0 Å². The standard InChI is InChI=1S/C46H72N6O10/c1-34(2)31-40(51-44(55)41(33-36-15-9-6-10-16-36)50-42(53)38(47)32-35-13-7-5-8-14-35)43(54)49-39(46(57)62-45(56)37-18-20-48-21-19-37)17-11-12-22-52(23-25-60-29-27-58-3)24-26-61-30-28-59-4/h5-10,13-16,34,37-41,48H,11-12,17-33,47H2,1-4H3,(H,49,54)(H,50,53)(H,51,55)/t38-,39-,40-,41-/m1/s1. The van der Waals surface area contributed by atoms with Crippen molar-refractivity contribution in [3.63, 3.8) is 0 Å². The molecule has 0 radical (unpaired) electrons. The van der Waals surface area contributed by atoms with Crippen molar-refractivity contribution in [1.82, 2.24) is 26.2 Å². The van der Waals surface area contributed by atoms with Crippen molar-refractivity contribution in [3.05, 3.63) is 71.8 Å². The van der Waals surface area contributed by atoms with Crippen LogP contribution in [0.5, 0.6) is 0 Å². The molecular weight excluding hydrogens is 797 g/mol. The van der Waals surface area contributed by atoms with Crippen LogP contribution in [0.15, 0.2) is 60.7 Å². The van der Waals surface area contributed by atoms with Gasteiger partial charge in [-0.2, -0.15) is 0 Å². The van der Waals surface area contributed by atoms with Crippen molar-refractivity contribution in [2.45, 2.75) is 89.4 Å². The number of methoxy groups -OCH3 is 2. The lowest BCUT2D eigenvalue weighted by Crippen LogP contribution is -2.58. The number of hydrogen-bond acceptors (Lipinski definition) is 13. The van der Waals surface area contributed by atoms with E-state index in [9.17, 15) is 24.0 Å². The van der Waals surface area contributed by atoms with E-state index in [-0.39, 0.29) is 31.6 Å². The van der Waals surface area contributed by atoms with Gasteiger partial charge in [-0.1, -0.05) is 74.5 Å².